The summed E-state index contributed by atoms with van der Waals surface area (Å²) in [6.45, 7) is 4.66. The van der Waals surface area contributed by atoms with Gasteiger partial charge in [0.05, 0.1) is 33.1 Å². The highest BCUT2D eigenvalue weighted by molar-refractivity contribution is 6.29. The van der Waals surface area contributed by atoms with Crippen molar-refractivity contribution in [3.05, 3.63) is 169 Å². The lowest BCUT2D eigenvalue weighted by atomic mass is 9.82. The zero-order valence-corrected chi connectivity index (χ0v) is 28.3. The van der Waals surface area contributed by atoms with Gasteiger partial charge in [0.15, 0.2) is 5.82 Å². The summed E-state index contributed by atoms with van der Waals surface area (Å²) in [6, 6.07) is 56.7. The first-order chi connectivity index (χ1) is 25.1. The molecule has 0 radical (unpaired) electrons. The van der Waals surface area contributed by atoms with E-state index in [0.29, 0.717) is 0 Å². The summed E-state index contributed by atoms with van der Waals surface area (Å²) in [7, 11) is 0. The van der Waals surface area contributed by atoms with Crippen LogP contribution in [-0.2, 0) is 5.41 Å². The maximum Gasteiger partial charge on any atom is 0.165 e. The fourth-order valence-electron chi connectivity index (χ4n) is 8.79. The van der Waals surface area contributed by atoms with Crippen molar-refractivity contribution in [2.45, 2.75) is 19.3 Å². The second kappa shape index (κ2) is 10.3. The second-order valence-electron chi connectivity index (χ2n) is 14.2. The lowest BCUT2D eigenvalue weighted by Gasteiger charge is -2.22. The van der Waals surface area contributed by atoms with Crippen molar-refractivity contribution in [1.82, 2.24) is 19.1 Å². The van der Waals surface area contributed by atoms with Gasteiger partial charge in [0.2, 0.25) is 0 Å². The van der Waals surface area contributed by atoms with Gasteiger partial charge in [-0.2, -0.15) is 0 Å². The number of benzene rings is 7. The van der Waals surface area contributed by atoms with Gasteiger partial charge >= 0.3 is 0 Å². The first kappa shape index (κ1) is 28.3. The summed E-state index contributed by atoms with van der Waals surface area (Å²) in [4.78, 5) is 10.9. The minimum absolute atomic E-state index is 0.127. The highest BCUT2D eigenvalue weighted by Crippen LogP contribution is 2.50. The number of aromatic nitrogens is 4. The molecule has 11 rings (SSSR count). The normalized spacial score (nSPS) is 13.5. The van der Waals surface area contributed by atoms with Gasteiger partial charge in [0.25, 0.3) is 0 Å². The van der Waals surface area contributed by atoms with Crippen molar-refractivity contribution in [3.8, 4) is 33.9 Å². The Kier molecular flexibility index (Phi) is 5.70. The number of hydrogen-bond donors (Lipinski definition) is 0. The Morgan fingerprint density at radius 3 is 1.76 bits per heavy atom. The maximum atomic E-state index is 5.45. The SMILES string of the molecule is CC1(C)c2ccccc2-c2ccc(-c3nc4ccccc4nc3-n3c4ccccc4c4c5c6ccccc6n(-c6ccccc6)c5ccc43)cc21. The largest absolute Gasteiger partial charge is 0.309 e. The Balaban J connectivity index is 1.25. The summed E-state index contributed by atoms with van der Waals surface area (Å²) in [6.07, 6.45) is 0. The highest BCUT2D eigenvalue weighted by Gasteiger charge is 2.35. The monoisotopic (exact) mass is 652 g/mol. The Bertz CT molecular complexity index is 3050. The molecule has 0 unspecified atom stereocenters. The van der Waals surface area contributed by atoms with Crippen LogP contribution in [-0.4, -0.2) is 19.1 Å². The van der Waals surface area contributed by atoms with Crippen LogP contribution in [0.3, 0.4) is 0 Å². The van der Waals surface area contributed by atoms with Crippen molar-refractivity contribution >= 4 is 54.6 Å². The van der Waals surface area contributed by atoms with E-state index in [-0.39, 0.29) is 5.41 Å². The maximum absolute atomic E-state index is 5.45. The average Bonchev–Trinajstić information content (AvgIpc) is 3.78. The zero-order chi connectivity index (χ0) is 33.8. The molecule has 3 heterocycles. The van der Waals surface area contributed by atoms with Crippen molar-refractivity contribution in [2.24, 2.45) is 0 Å². The van der Waals surface area contributed by atoms with E-state index < -0.39 is 0 Å². The molecule has 0 saturated heterocycles. The fourth-order valence-corrected chi connectivity index (χ4v) is 8.79. The molecule has 0 atom stereocenters. The van der Waals surface area contributed by atoms with Crippen LogP contribution in [0.5, 0.6) is 0 Å². The van der Waals surface area contributed by atoms with Crippen molar-refractivity contribution < 1.29 is 0 Å². The second-order valence-corrected chi connectivity index (χ2v) is 14.2. The van der Waals surface area contributed by atoms with E-state index in [9.17, 15) is 0 Å². The number of para-hydroxylation sites is 5. The molecule has 0 bridgehead atoms. The summed E-state index contributed by atoms with van der Waals surface area (Å²) < 4.78 is 4.74. The lowest BCUT2D eigenvalue weighted by Crippen LogP contribution is -2.15. The van der Waals surface area contributed by atoms with Gasteiger partial charge < -0.3 is 4.57 Å². The van der Waals surface area contributed by atoms with Crippen LogP contribution in [0.2, 0.25) is 0 Å². The van der Waals surface area contributed by atoms with Gasteiger partial charge in [-0.25, -0.2) is 9.97 Å². The summed E-state index contributed by atoms with van der Waals surface area (Å²) in [5, 5.41) is 4.89. The van der Waals surface area contributed by atoms with Crippen molar-refractivity contribution in [3.63, 3.8) is 0 Å². The molecule has 0 amide bonds. The Morgan fingerprint density at radius 1 is 0.451 bits per heavy atom. The highest BCUT2D eigenvalue weighted by atomic mass is 15.1. The van der Waals surface area contributed by atoms with Gasteiger partial charge in [-0.3, -0.25) is 4.57 Å². The molecule has 10 aromatic rings. The van der Waals surface area contributed by atoms with Crippen LogP contribution < -0.4 is 0 Å². The summed E-state index contributed by atoms with van der Waals surface area (Å²) in [5.41, 5.74) is 14.6. The number of fused-ring (bicyclic) bond motifs is 11. The van der Waals surface area contributed by atoms with Crippen LogP contribution in [0.4, 0.5) is 0 Å². The standard InChI is InChI=1S/C47H32N4/c1-47(2)35-19-9-6-16-31(35)32-25-24-29(28-36(32)47)45-46(49-38-21-11-10-20-37(38)48-45)51-40-23-13-8-18-34(40)44-42(51)27-26-41-43(44)33-17-7-12-22-39(33)50(41)30-14-4-3-5-15-30/h3-28H,1-2H3. The van der Waals surface area contributed by atoms with Crippen LogP contribution in [0.25, 0.3) is 88.5 Å². The van der Waals surface area contributed by atoms with E-state index in [1.807, 2.05) is 12.1 Å². The van der Waals surface area contributed by atoms with Crippen LogP contribution >= 0.6 is 0 Å². The predicted molar refractivity (Wildman–Crippen MR) is 211 cm³/mol. The van der Waals surface area contributed by atoms with E-state index in [1.54, 1.807) is 0 Å². The summed E-state index contributed by atoms with van der Waals surface area (Å²) in [5.74, 6) is 0.833. The Hall–Kier alpha value is -6.52. The third-order valence-electron chi connectivity index (χ3n) is 11.1. The van der Waals surface area contributed by atoms with E-state index in [0.717, 1.165) is 44.8 Å². The topological polar surface area (TPSA) is 35.6 Å². The van der Waals surface area contributed by atoms with Gasteiger partial charge in [-0.1, -0.05) is 117 Å². The molecule has 0 saturated carbocycles. The summed E-state index contributed by atoms with van der Waals surface area (Å²) >= 11 is 0. The average molecular weight is 653 g/mol. The molecule has 7 aromatic carbocycles. The molecule has 4 nitrogen and oxygen atoms in total. The van der Waals surface area contributed by atoms with Crippen LogP contribution in [0, 0.1) is 0 Å². The molecule has 4 heteroatoms. The first-order valence-electron chi connectivity index (χ1n) is 17.6. The Morgan fingerprint density at radius 2 is 1.02 bits per heavy atom. The third-order valence-corrected chi connectivity index (χ3v) is 11.1. The minimum atomic E-state index is -0.127. The van der Waals surface area contributed by atoms with Gasteiger partial charge in [-0.05, 0) is 76.9 Å². The van der Waals surface area contributed by atoms with Gasteiger partial charge in [-0.15, -0.1) is 0 Å². The molecule has 1 aliphatic carbocycles. The first-order valence-corrected chi connectivity index (χ1v) is 17.6. The number of hydrogen-bond acceptors (Lipinski definition) is 2. The van der Waals surface area contributed by atoms with Crippen molar-refractivity contribution in [2.75, 3.05) is 0 Å². The van der Waals surface area contributed by atoms with E-state index in [4.69, 9.17) is 9.97 Å². The van der Waals surface area contributed by atoms with E-state index >= 15 is 0 Å². The Labute approximate surface area is 294 Å². The molecular formula is C47H32N4. The molecule has 3 aromatic heterocycles. The molecule has 0 aliphatic heterocycles. The molecule has 240 valence electrons. The fraction of sp³-hybridized carbons (Fsp3) is 0.0638. The molecule has 0 spiro atoms. The lowest BCUT2D eigenvalue weighted by molar-refractivity contribution is 0.660. The van der Waals surface area contributed by atoms with Gasteiger partial charge in [0, 0.05) is 38.2 Å². The molecule has 0 N–H and O–H groups in total. The molecule has 1 aliphatic rings. The molecule has 51 heavy (non-hydrogen) atoms. The third kappa shape index (κ3) is 3.85. The number of nitrogens with zero attached hydrogens (tertiary/aromatic N) is 4. The smallest absolute Gasteiger partial charge is 0.165 e. The molecule has 0 fully saturated rings. The van der Waals surface area contributed by atoms with Crippen LogP contribution in [0.1, 0.15) is 25.0 Å². The van der Waals surface area contributed by atoms with Crippen molar-refractivity contribution in [1.29, 1.82) is 0 Å². The zero-order valence-electron chi connectivity index (χ0n) is 28.3. The van der Waals surface area contributed by atoms with Crippen LogP contribution in [0.15, 0.2) is 158 Å². The van der Waals surface area contributed by atoms with Gasteiger partial charge in [0.1, 0.15) is 5.69 Å². The molecular weight excluding hydrogens is 621 g/mol. The minimum Gasteiger partial charge on any atom is -0.309 e. The van der Waals surface area contributed by atoms with E-state index in [2.05, 4.69) is 169 Å². The van der Waals surface area contributed by atoms with E-state index in [1.165, 1.54) is 54.8 Å². The predicted octanol–water partition coefficient (Wildman–Crippen LogP) is 11.8. The number of rotatable bonds is 3. The quantitative estimate of drug-likeness (QED) is 0.190.